The normalized spacial score (nSPS) is 16.8. The van der Waals surface area contributed by atoms with Crippen LogP contribution in [0.4, 0.5) is 0 Å². The van der Waals surface area contributed by atoms with E-state index in [9.17, 15) is 0 Å². The lowest BCUT2D eigenvalue weighted by molar-refractivity contribution is -0.0550. The summed E-state index contributed by atoms with van der Waals surface area (Å²) >= 11 is 0. The number of hydrogen-bond acceptors (Lipinski definition) is 4. The number of hydrogen-bond donors (Lipinski definition) is 2. The van der Waals surface area contributed by atoms with E-state index < -0.39 is 0 Å². The van der Waals surface area contributed by atoms with Crippen LogP contribution in [0.15, 0.2) is 42.7 Å². The van der Waals surface area contributed by atoms with Crippen molar-refractivity contribution in [2.75, 3.05) is 19.8 Å². The average Bonchev–Trinajstić information content (AvgIpc) is 2.95. The maximum Gasteiger partial charge on any atom is 0.155 e. The average molecular weight is 280 g/mol. The molecule has 5 heteroatoms. The van der Waals surface area contributed by atoms with E-state index in [1.807, 2.05) is 12.3 Å². The molecule has 0 atom stereocenters. The van der Waals surface area contributed by atoms with Crippen LogP contribution in [0.1, 0.15) is 5.56 Å². The summed E-state index contributed by atoms with van der Waals surface area (Å²) in [4.78, 5) is 4.28. The van der Waals surface area contributed by atoms with Crippen LogP contribution in [0, 0.1) is 0 Å². The second kappa shape index (κ2) is 4.65. The fourth-order valence-corrected chi connectivity index (χ4v) is 2.87. The first-order chi connectivity index (χ1) is 10.3. The van der Waals surface area contributed by atoms with E-state index in [1.165, 1.54) is 5.56 Å². The van der Waals surface area contributed by atoms with Gasteiger partial charge in [0, 0.05) is 18.1 Å². The fraction of sp³-hybridized carbons (Fsp3) is 0.250. The summed E-state index contributed by atoms with van der Waals surface area (Å²) in [6.45, 7) is 2.00. The molecule has 1 aliphatic heterocycles. The molecule has 3 heterocycles. The Bertz CT molecular complexity index is 786. The zero-order valence-electron chi connectivity index (χ0n) is 11.5. The first-order valence-electron chi connectivity index (χ1n) is 6.99. The zero-order valence-corrected chi connectivity index (χ0v) is 11.5. The summed E-state index contributed by atoms with van der Waals surface area (Å²) in [5, 5.41) is 8.01. The quantitative estimate of drug-likeness (QED) is 0.767. The van der Waals surface area contributed by atoms with Gasteiger partial charge >= 0.3 is 0 Å². The molecule has 0 bridgehead atoms. The molecule has 106 valence electrons. The van der Waals surface area contributed by atoms with E-state index in [0.717, 1.165) is 22.2 Å². The van der Waals surface area contributed by atoms with Crippen molar-refractivity contribution in [1.82, 2.24) is 15.2 Å². The van der Waals surface area contributed by atoms with Gasteiger partial charge in [0.05, 0.1) is 24.8 Å². The molecule has 0 amide bonds. The fourth-order valence-electron chi connectivity index (χ4n) is 2.87. The molecule has 1 fully saturated rings. The van der Waals surface area contributed by atoms with Crippen molar-refractivity contribution in [2.45, 2.75) is 5.41 Å². The highest BCUT2D eigenvalue weighted by molar-refractivity contribution is 5.92. The van der Waals surface area contributed by atoms with Crippen LogP contribution < -0.4 is 5.73 Å². The Kier molecular flexibility index (Phi) is 2.77. The third kappa shape index (κ3) is 1.86. The minimum Gasteiger partial charge on any atom is -0.379 e. The molecule has 1 aliphatic rings. The van der Waals surface area contributed by atoms with Gasteiger partial charge in [-0.25, -0.2) is 4.98 Å². The third-order valence-corrected chi connectivity index (χ3v) is 4.29. The standard InChI is InChI=1S/C16H16N4O/c17-8-16(9-21-10-16)12-3-1-2-11(6-12)13-4-5-18-15-14(13)7-19-20-15/h1-7H,8-10,17H2,(H,18,19,20). The van der Waals surface area contributed by atoms with Crippen molar-refractivity contribution in [3.05, 3.63) is 48.3 Å². The van der Waals surface area contributed by atoms with Crippen molar-refractivity contribution < 1.29 is 4.74 Å². The number of nitrogens with zero attached hydrogens (tertiary/aromatic N) is 2. The summed E-state index contributed by atoms with van der Waals surface area (Å²) in [6.07, 6.45) is 3.61. The lowest BCUT2D eigenvalue weighted by Gasteiger charge is -2.41. The van der Waals surface area contributed by atoms with Crippen molar-refractivity contribution in [3.8, 4) is 11.1 Å². The van der Waals surface area contributed by atoms with E-state index in [0.29, 0.717) is 19.8 Å². The van der Waals surface area contributed by atoms with Gasteiger partial charge < -0.3 is 10.5 Å². The summed E-state index contributed by atoms with van der Waals surface area (Å²) in [5.41, 5.74) is 10.3. The minimum atomic E-state index is -0.0292. The summed E-state index contributed by atoms with van der Waals surface area (Å²) in [5.74, 6) is 0. The number of nitrogens with one attached hydrogen (secondary N) is 1. The van der Waals surface area contributed by atoms with E-state index in [2.05, 4.69) is 39.4 Å². The number of benzene rings is 1. The van der Waals surface area contributed by atoms with Crippen molar-refractivity contribution >= 4 is 11.0 Å². The maximum absolute atomic E-state index is 5.96. The molecule has 0 spiro atoms. The van der Waals surface area contributed by atoms with Gasteiger partial charge in [-0.05, 0) is 22.8 Å². The number of pyridine rings is 1. The monoisotopic (exact) mass is 280 g/mol. The Hall–Kier alpha value is -2.24. The number of ether oxygens (including phenoxy) is 1. The Morgan fingerprint density at radius 3 is 2.95 bits per heavy atom. The third-order valence-electron chi connectivity index (χ3n) is 4.29. The second-order valence-corrected chi connectivity index (χ2v) is 5.55. The molecule has 21 heavy (non-hydrogen) atoms. The Labute approximate surface area is 122 Å². The molecule has 0 aliphatic carbocycles. The first-order valence-corrected chi connectivity index (χ1v) is 6.99. The zero-order chi connectivity index (χ0) is 14.3. The van der Waals surface area contributed by atoms with Gasteiger partial charge in [-0.1, -0.05) is 24.3 Å². The van der Waals surface area contributed by atoms with Crippen molar-refractivity contribution in [3.63, 3.8) is 0 Å². The molecule has 0 saturated carbocycles. The molecule has 3 aromatic rings. The largest absolute Gasteiger partial charge is 0.379 e. The van der Waals surface area contributed by atoms with E-state index in [1.54, 1.807) is 6.20 Å². The van der Waals surface area contributed by atoms with E-state index in [-0.39, 0.29) is 5.41 Å². The molecule has 1 aromatic carbocycles. The number of aromatic amines is 1. The molecule has 5 nitrogen and oxygen atoms in total. The van der Waals surface area contributed by atoms with Crippen LogP contribution in [0.2, 0.25) is 0 Å². The molecule has 0 unspecified atom stereocenters. The predicted molar refractivity (Wildman–Crippen MR) is 80.9 cm³/mol. The highest BCUT2D eigenvalue weighted by Crippen LogP contribution is 2.34. The van der Waals surface area contributed by atoms with Crippen LogP contribution in [-0.2, 0) is 10.2 Å². The van der Waals surface area contributed by atoms with Crippen LogP contribution in [0.3, 0.4) is 0 Å². The number of rotatable bonds is 3. The number of H-pyrrole nitrogens is 1. The summed E-state index contributed by atoms with van der Waals surface area (Å²) < 4.78 is 5.38. The van der Waals surface area contributed by atoms with E-state index >= 15 is 0 Å². The predicted octanol–water partition coefficient (Wildman–Crippen LogP) is 1.85. The van der Waals surface area contributed by atoms with Crippen molar-refractivity contribution in [2.24, 2.45) is 5.73 Å². The van der Waals surface area contributed by atoms with E-state index in [4.69, 9.17) is 10.5 Å². The van der Waals surface area contributed by atoms with Gasteiger partial charge in [0.15, 0.2) is 5.65 Å². The maximum atomic E-state index is 5.96. The summed E-state index contributed by atoms with van der Waals surface area (Å²) in [6, 6.07) is 10.5. The molecule has 2 aromatic heterocycles. The molecular formula is C16H16N4O. The van der Waals surface area contributed by atoms with Gasteiger partial charge in [-0.2, -0.15) is 5.10 Å². The van der Waals surface area contributed by atoms with Crippen LogP contribution in [0.5, 0.6) is 0 Å². The molecule has 0 radical (unpaired) electrons. The van der Waals surface area contributed by atoms with Crippen molar-refractivity contribution in [1.29, 1.82) is 0 Å². The van der Waals surface area contributed by atoms with Crippen LogP contribution >= 0.6 is 0 Å². The Balaban J connectivity index is 1.84. The minimum absolute atomic E-state index is 0.0292. The van der Waals surface area contributed by atoms with Crippen LogP contribution in [-0.4, -0.2) is 34.9 Å². The van der Waals surface area contributed by atoms with Gasteiger partial charge in [0.1, 0.15) is 0 Å². The highest BCUT2D eigenvalue weighted by Gasteiger charge is 2.39. The van der Waals surface area contributed by atoms with Crippen LogP contribution in [0.25, 0.3) is 22.2 Å². The Morgan fingerprint density at radius 2 is 2.19 bits per heavy atom. The molecule has 3 N–H and O–H groups in total. The highest BCUT2D eigenvalue weighted by atomic mass is 16.5. The lowest BCUT2D eigenvalue weighted by atomic mass is 9.78. The Morgan fingerprint density at radius 1 is 1.29 bits per heavy atom. The number of aromatic nitrogens is 3. The molecule has 4 rings (SSSR count). The van der Waals surface area contributed by atoms with Gasteiger partial charge in [-0.15, -0.1) is 0 Å². The molecular weight excluding hydrogens is 264 g/mol. The van der Waals surface area contributed by atoms with Gasteiger partial charge in [0.2, 0.25) is 0 Å². The first kappa shape index (κ1) is 12.5. The SMILES string of the molecule is NCC1(c2cccc(-c3ccnc4[nH]ncc34)c2)COC1. The topological polar surface area (TPSA) is 76.8 Å². The smallest absolute Gasteiger partial charge is 0.155 e. The number of nitrogens with two attached hydrogens (primary N) is 1. The lowest BCUT2D eigenvalue weighted by Crippen LogP contribution is -2.52. The van der Waals surface area contributed by atoms with Gasteiger partial charge in [0.25, 0.3) is 0 Å². The second-order valence-electron chi connectivity index (χ2n) is 5.55. The number of fused-ring (bicyclic) bond motifs is 1. The van der Waals surface area contributed by atoms with Gasteiger partial charge in [-0.3, -0.25) is 5.10 Å². The molecule has 1 saturated heterocycles. The summed E-state index contributed by atoms with van der Waals surface area (Å²) in [7, 11) is 0.